The monoisotopic (exact) mass is 619 g/mol. The molecule has 2 N–H and O–H groups in total. The van der Waals surface area contributed by atoms with Crippen LogP contribution in [0.4, 0.5) is 0 Å². The van der Waals surface area contributed by atoms with Crippen molar-refractivity contribution in [3.05, 3.63) is 91.5 Å². The third kappa shape index (κ3) is 5.92. The number of aromatic amines is 1. The second-order valence-corrected chi connectivity index (χ2v) is 10.2. The van der Waals surface area contributed by atoms with Gasteiger partial charge in [-0.3, -0.25) is 14.6 Å². The second-order valence-electron chi connectivity index (χ2n) is 9.25. The Kier molecular flexibility index (Phi) is 8.81. The molecule has 0 saturated heterocycles. The van der Waals surface area contributed by atoms with E-state index in [1.165, 1.54) is 28.4 Å². The first kappa shape index (κ1) is 30.1. The van der Waals surface area contributed by atoms with Gasteiger partial charge in [0.25, 0.3) is 0 Å². The van der Waals surface area contributed by atoms with Gasteiger partial charge in [-0.1, -0.05) is 30.0 Å². The van der Waals surface area contributed by atoms with Gasteiger partial charge >= 0.3 is 4.87 Å². The highest BCUT2D eigenvalue weighted by Crippen LogP contribution is 2.39. The zero-order chi connectivity index (χ0) is 31.4. The molecule has 5 aromatic rings. The Morgan fingerprint density at radius 3 is 2.18 bits per heavy atom. The van der Waals surface area contributed by atoms with Crippen molar-refractivity contribution in [1.29, 1.82) is 0 Å². The zero-order valence-corrected chi connectivity index (χ0v) is 25.2. The second kappa shape index (κ2) is 12.9. The molecule has 2 aromatic heterocycles. The quantitative estimate of drug-likeness (QED) is 0.173. The molecule has 44 heavy (non-hydrogen) atoms. The van der Waals surface area contributed by atoms with Gasteiger partial charge in [0.15, 0.2) is 17.3 Å². The number of nitrogens with one attached hydrogen (secondary N) is 1. The van der Waals surface area contributed by atoms with Gasteiger partial charge in [0.1, 0.15) is 41.4 Å². The van der Waals surface area contributed by atoms with E-state index in [1.807, 2.05) is 0 Å². The lowest BCUT2D eigenvalue weighted by Gasteiger charge is -2.15. The lowest BCUT2D eigenvalue weighted by Crippen LogP contribution is -2.16. The third-order valence-electron chi connectivity index (χ3n) is 6.70. The molecule has 12 heteroatoms. The largest absolute Gasteiger partial charge is 0.496 e. The molecule has 0 bridgehead atoms. The van der Waals surface area contributed by atoms with Crippen molar-refractivity contribution in [2.75, 3.05) is 41.7 Å². The first-order valence-electron chi connectivity index (χ1n) is 13.2. The molecule has 0 aliphatic carbocycles. The summed E-state index contributed by atoms with van der Waals surface area (Å²) >= 11 is 0.876. The Morgan fingerprint density at radius 1 is 0.841 bits per heavy atom. The maximum Gasteiger partial charge on any atom is 0.307 e. The highest BCUT2D eigenvalue weighted by atomic mass is 32.1. The number of aromatic nitrogens is 1. The minimum absolute atomic E-state index is 0.00860. The van der Waals surface area contributed by atoms with Crippen LogP contribution in [0.15, 0.2) is 75.2 Å². The number of ether oxygens (including phenoxy) is 6. The smallest absolute Gasteiger partial charge is 0.307 e. The molecule has 0 fully saturated rings. The molecule has 5 rings (SSSR count). The number of aromatic hydroxyl groups is 1. The van der Waals surface area contributed by atoms with E-state index < -0.39 is 5.43 Å². The van der Waals surface area contributed by atoms with Crippen LogP contribution in [0, 0.1) is 0 Å². The summed E-state index contributed by atoms with van der Waals surface area (Å²) in [5.74, 6) is 2.14. The summed E-state index contributed by atoms with van der Waals surface area (Å²) in [6, 6.07) is 15.3. The highest BCUT2D eigenvalue weighted by Gasteiger charge is 2.23. The van der Waals surface area contributed by atoms with E-state index in [0.29, 0.717) is 44.6 Å². The Balaban J connectivity index is 1.41. The number of methoxy groups -OCH3 is 4. The molecule has 0 spiro atoms. The lowest BCUT2D eigenvalue weighted by molar-refractivity contribution is 0.214. The van der Waals surface area contributed by atoms with Crippen LogP contribution in [-0.4, -0.2) is 51.7 Å². The van der Waals surface area contributed by atoms with Crippen LogP contribution in [0.2, 0.25) is 0 Å². The van der Waals surface area contributed by atoms with Gasteiger partial charge in [0, 0.05) is 17.7 Å². The molecule has 0 amide bonds. The first-order valence-corrected chi connectivity index (χ1v) is 14.0. The van der Waals surface area contributed by atoms with Crippen LogP contribution < -0.4 is 38.7 Å². The minimum Gasteiger partial charge on any atom is -0.496 e. The molecule has 0 atom stereocenters. The fourth-order valence-corrected chi connectivity index (χ4v) is 5.25. The number of benzene rings is 3. The van der Waals surface area contributed by atoms with E-state index in [0.717, 1.165) is 11.3 Å². The predicted octanol–water partition coefficient (Wildman–Crippen LogP) is 5.47. The van der Waals surface area contributed by atoms with Crippen LogP contribution in [0.25, 0.3) is 27.9 Å². The highest BCUT2D eigenvalue weighted by molar-refractivity contribution is 7.10. The number of thiazole rings is 1. The van der Waals surface area contributed by atoms with Crippen LogP contribution in [0.5, 0.6) is 40.4 Å². The average Bonchev–Trinajstić information content (AvgIpc) is 3.39. The number of H-pyrrole nitrogens is 1. The van der Waals surface area contributed by atoms with Gasteiger partial charge in [-0.2, -0.15) is 0 Å². The maximum absolute atomic E-state index is 13.8. The topological polar surface area (TPSA) is 139 Å². The van der Waals surface area contributed by atoms with Crippen LogP contribution in [0.1, 0.15) is 10.4 Å². The first-order chi connectivity index (χ1) is 21.3. The molecule has 0 radical (unpaired) electrons. The molecule has 0 aliphatic heterocycles. The van der Waals surface area contributed by atoms with Gasteiger partial charge < -0.3 is 37.9 Å². The standard InChI is InChI=1S/C32H29NO10S/c1-17(30-31(35)33-32(36)44-30)18-6-9-20(10-7-18)41-12-13-42-29-27(34)26-24(40-5)15-21(37-2)16-25(26)43-28(29)19-8-11-22(38-3)23(14-19)39-4/h6-11,14-16,35H,1,12-13H2,2-5H3,(H,33,36). The lowest BCUT2D eigenvalue weighted by atomic mass is 10.1. The van der Waals surface area contributed by atoms with Crippen molar-refractivity contribution in [1.82, 2.24) is 4.98 Å². The van der Waals surface area contributed by atoms with E-state index >= 15 is 0 Å². The van der Waals surface area contributed by atoms with Crippen molar-refractivity contribution >= 4 is 27.9 Å². The Bertz CT molecular complexity index is 1940. The molecular weight excluding hydrogens is 590 g/mol. The van der Waals surface area contributed by atoms with Gasteiger partial charge in [-0.25, -0.2) is 0 Å². The number of rotatable bonds is 12. The molecular formula is C32H29NO10S. The number of fused-ring (bicyclic) bond motifs is 1. The summed E-state index contributed by atoms with van der Waals surface area (Å²) in [5, 5.41) is 10.1. The summed E-state index contributed by atoms with van der Waals surface area (Å²) in [6.45, 7) is 4.08. The fourth-order valence-electron chi connectivity index (χ4n) is 4.53. The van der Waals surface area contributed by atoms with Crippen molar-refractivity contribution in [3.63, 3.8) is 0 Å². The summed E-state index contributed by atoms with van der Waals surface area (Å²) in [4.78, 5) is 27.7. The van der Waals surface area contributed by atoms with Crippen molar-refractivity contribution in [3.8, 4) is 51.7 Å². The molecule has 2 heterocycles. The summed E-state index contributed by atoms with van der Waals surface area (Å²) in [5.41, 5.74) is 1.54. The molecule has 0 saturated carbocycles. The number of hydrogen-bond acceptors (Lipinski definition) is 11. The SMILES string of the molecule is C=C(c1ccc(OCCOc2c(-c3ccc(OC)c(OC)c3)oc3cc(OC)cc(OC)c3c2=O)cc1)c1sc(=O)[nH]c1O. The molecule has 3 aromatic carbocycles. The van der Waals surface area contributed by atoms with Crippen molar-refractivity contribution < 1.29 is 37.9 Å². The summed E-state index contributed by atoms with van der Waals surface area (Å²) in [7, 11) is 6.00. The molecule has 0 unspecified atom stereocenters. The fraction of sp³-hybridized carbons (Fsp3) is 0.188. The molecule has 11 nitrogen and oxygen atoms in total. The number of hydrogen-bond donors (Lipinski definition) is 2. The zero-order valence-electron chi connectivity index (χ0n) is 24.3. The Hall–Kier alpha value is -5.36. The van der Waals surface area contributed by atoms with E-state index in [2.05, 4.69) is 11.6 Å². The van der Waals surface area contributed by atoms with Gasteiger partial charge in [0.2, 0.25) is 17.1 Å². The normalized spacial score (nSPS) is 10.8. The average molecular weight is 620 g/mol. The summed E-state index contributed by atoms with van der Waals surface area (Å²) in [6.07, 6.45) is 0. The predicted molar refractivity (Wildman–Crippen MR) is 166 cm³/mol. The van der Waals surface area contributed by atoms with E-state index in [4.69, 9.17) is 32.8 Å². The third-order valence-corrected chi connectivity index (χ3v) is 7.63. The van der Waals surface area contributed by atoms with Crippen LogP contribution in [-0.2, 0) is 0 Å². The van der Waals surface area contributed by atoms with E-state index in [1.54, 1.807) is 54.6 Å². The minimum atomic E-state index is -0.436. The molecule has 228 valence electrons. The summed E-state index contributed by atoms with van der Waals surface area (Å²) < 4.78 is 39.7. The van der Waals surface area contributed by atoms with E-state index in [-0.39, 0.29) is 52.2 Å². The van der Waals surface area contributed by atoms with Gasteiger partial charge in [-0.05, 0) is 41.5 Å². The molecule has 0 aliphatic rings. The van der Waals surface area contributed by atoms with Crippen LogP contribution >= 0.6 is 11.3 Å². The van der Waals surface area contributed by atoms with E-state index in [9.17, 15) is 14.7 Å². The Morgan fingerprint density at radius 2 is 1.55 bits per heavy atom. The van der Waals surface area contributed by atoms with Gasteiger partial charge in [0.05, 0.1) is 33.3 Å². The Labute approximate surface area is 255 Å². The van der Waals surface area contributed by atoms with Crippen molar-refractivity contribution in [2.45, 2.75) is 0 Å². The van der Waals surface area contributed by atoms with Crippen molar-refractivity contribution in [2.24, 2.45) is 0 Å². The van der Waals surface area contributed by atoms with Crippen LogP contribution in [0.3, 0.4) is 0 Å². The van der Waals surface area contributed by atoms with Gasteiger partial charge in [-0.15, -0.1) is 0 Å². The maximum atomic E-state index is 13.8.